The number of amides is 1. The Labute approximate surface area is 195 Å². The maximum atomic E-state index is 12.6. The highest BCUT2D eigenvalue weighted by Crippen LogP contribution is 2.28. The second kappa shape index (κ2) is 9.78. The highest BCUT2D eigenvalue weighted by atomic mass is 35.5. The zero-order valence-corrected chi connectivity index (χ0v) is 19.2. The minimum atomic E-state index is -3.88. The van der Waals surface area contributed by atoms with Crippen LogP contribution in [0.1, 0.15) is 6.92 Å². The molecule has 0 bridgehead atoms. The second-order valence-electron chi connectivity index (χ2n) is 6.46. The first kappa shape index (κ1) is 23.2. The first-order valence-electron chi connectivity index (χ1n) is 8.95. The summed E-state index contributed by atoms with van der Waals surface area (Å²) in [5.41, 5.74) is 0.616. The predicted octanol–water partition coefficient (Wildman–Crippen LogP) is 5.85. The summed E-state index contributed by atoms with van der Waals surface area (Å²) >= 11 is 17.8. The van der Waals surface area contributed by atoms with Crippen molar-refractivity contribution in [2.45, 2.75) is 17.9 Å². The van der Waals surface area contributed by atoms with Crippen molar-refractivity contribution in [3.8, 4) is 5.75 Å². The largest absolute Gasteiger partial charge is 0.481 e. The number of benzene rings is 3. The lowest BCUT2D eigenvalue weighted by Crippen LogP contribution is -2.30. The van der Waals surface area contributed by atoms with Gasteiger partial charge >= 0.3 is 0 Å². The van der Waals surface area contributed by atoms with Gasteiger partial charge in [0.25, 0.3) is 15.9 Å². The van der Waals surface area contributed by atoms with E-state index >= 15 is 0 Å². The van der Waals surface area contributed by atoms with Gasteiger partial charge in [-0.25, -0.2) is 8.42 Å². The van der Waals surface area contributed by atoms with Crippen LogP contribution >= 0.6 is 34.8 Å². The number of hydrogen-bond donors (Lipinski definition) is 2. The van der Waals surface area contributed by atoms with Crippen LogP contribution in [0.15, 0.2) is 71.6 Å². The maximum absolute atomic E-state index is 12.6. The van der Waals surface area contributed by atoms with Gasteiger partial charge in [-0.3, -0.25) is 9.52 Å². The Kier molecular flexibility index (Phi) is 7.33. The Morgan fingerprint density at radius 3 is 2.26 bits per heavy atom. The van der Waals surface area contributed by atoms with Gasteiger partial charge in [-0.2, -0.15) is 0 Å². The van der Waals surface area contributed by atoms with Crippen molar-refractivity contribution in [3.05, 3.63) is 81.8 Å². The molecule has 0 aliphatic heterocycles. The average Bonchev–Trinajstić information content (AvgIpc) is 2.70. The minimum absolute atomic E-state index is 0.000239. The smallest absolute Gasteiger partial charge is 0.265 e. The lowest BCUT2D eigenvalue weighted by atomic mass is 10.3. The van der Waals surface area contributed by atoms with E-state index in [1.807, 2.05) is 0 Å². The number of ether oxygens (including phenoxy) is 1. The average molecular weight is 500 g/mol. The summed E-state index contributed by atoms with van der Waals surface area (Å²) in [7, 11) is -3.88. The van der Waals surface area contributed by atoms with Gasteiger partial charge in [-0.05, 0) is 67.6 Å². The Morgan fingerprint density at radius 2 is 1.61 bits per heavy atom. The molecular weight excluding hydrogens is 483 g/mol. The fourth-order valence-corrected chi connectivity index (χ4v) is 4.31. The third kappa shape index (κ3) is 6.27. The molecule has 0 aromatic heterocycles. The first-order valence-corrected chi connectivity index (χ1v) is 11.6. The van der Waals surface area contributed by atoms with E-state index in [0.717, 1.165) is 0 Å². The van der Waals surface area contributed by atoms with Crippen LogP contribution < -0.4 is 14.8 Å². The van der Waals surface area contributed by atoms with Gasteiger partial charge in [0.05, 0.1) is 15.6 Å². The van der Waals surface area contributed by atoms with Crippen LogP contribution in [0.2, 0.25) is 15.1 Å². The summed E-state index contributed by atoms with van der Waals surface area (Å²) in [5, 5.41) is 3.73. The van der Waals surface area contributed by atoms with Crippen LogP contribution in [-0.4, -0.2) is 20.4 Å². The van der Waals surface area contributed by atoms with E-state index in [2.05, 4.69) is 10.0 Å². The molecule has 0 aliphatic rings. The molecule has 0 radical (unpaired) electrons. The lowest BCUT2D eigenvalue weighted by Gasteiger charge is -2.15. The molecule has 3 aromatic carbocycles. The summed E-state index contributed by atoms with van der Waals surface area (Å²) in [5.74, 6) is 0.0604. The van der Waals surface area contributed by atoms with Crippen molar-refractivity contribution >= 4 is 62.1 Å². The van der Waals surface area contributed by atoms with E-state index in [9.17, 15) is 13.2 Å². The fraction of sp³-hybridized carbons (Fsp3) is 0.0952. The molecular formula is C21H17Cl3N2O4S. The molecule has 1 amide bonds. The monoisotopic (exact) mass is 498 g/mol. The van der Waals surface area contributed by atoms with Crippen molar-refractivity contribution in [1.29, 1.82) is 0 Å². The van der Waals surface area contributed by atoms with Crippen molar-refractivity contribution in [2.24, 2.45) is 0 Å². The highest BCUT2D eigenvalue weighted by molar-refractivity contribution is 7.92. The number of carbonyl (C=O) groups excluding carboxylic acids is 1. The van der Waals surface area contributed by atoms with Crippen LogP contribution in [-0.2, 0) is 14.8 Å². The van der Waals surface area contributed by atoms with Gasteiger partial charge in [-0.1, -0.05) is 40.9 Å². The topological polar surface area (TPSA) is 84.5 Å². The van der Waals surface area contributed by atoms with E-state index in [0.29, 0.717) is 21.5 Å². The van der Waals surface area contributed by atoms with Gasteiger partial charge in [0.1, 0.15) is 5.75 Å². The van der Waals surface area contributed by atoms with E-state index in [1.54, 1.807) is 31.2 Å². The Hall–Kier alpha value is -2.45. The summed E-state index contributed by atoms with van der Waals surface area (Å²) in [6.45, 7) is 1.59. The number of halogens is 3. The van der Waals surface area contributed by atoms with Crippen molar-refractivity contribution in [3.63, 3.8) is 0 Å². The SMILES string of the molecule is C[C@H](Oc1cccc(Cl)c1)C(=O)Nc1ccc(S(=O)(=O)Nc2ccc(Cl)cc2Cl)cc1. The standard InChI is InChI=1S/C21H17Cl3N2O4S/c1-13(30-17-4-2-3-14(22)11-17)21(27)25-16-6-8-18(9-7-16)31(28,29)26-20-10-5-15(23)12-19(20)24/h2-13,26H,1H3,(H,25,27)/t13-/m0/s1. The van der Waals surface area contributed by atoms with Crippen LogP contribution in [0.4, 0.5) is 11.4 Å². The molecule has 10 heteroatoms. The van der Waals surface area contributed by atoms with Crippen LogP contribution in [0, 0.1) is 0 Å². The summed E-state index contributed by atoms with van der Waals surface area (Å²) < 4.78 is 33.2. The van der Waals surface area contributed by atoms with Crippen LogP contribution in [0.3, 0.4) is 0 Å². The van der Waals surface area contributed by atoms with E-state index < -0.39 is 22.0 Å². The van der Waals surface area contributed by atoms with E-state index in [4.69, 9.17) is 39.5 Å². The van der Waals surface area contributed by atoms with Gasteiger partial charge in [0, 0.05) is 15.7 Å². The van der Waals surface area contributed by atoms with Crippen molar-refractivity contribution in [2.75, 3.05) is 10.0 Å². The molecule has 3 rings (SSSR count). The minimum Gasteiger partial charge on any atom is -0.481 e. The summed E-state index contributed by atoms with van der Waals surface area (Å²) in [4.78, 5) is 12.4. The molecule has 3 aromatic rings. The third-order valence-corrected chi connectivity index (χ3v) is 6.25. The molecule has 0 fully saturated rings. The second-order valence-corrected chi connectivity index (χ2v) is 9.42. The number of rotatable bonds is 7. The number of hydrogen-bond acceptors (Lipinski definition) is 4. The normalized spacial score (nSPS) is 12.1. The molecule has 0 heterocycles. The molecule has 162 valence electrons. The highest BCUT2D eigenvalue weighted by Gasteiger charge is 2.18. The predicted molar refractivity (Wildman–Crippen MR) is 124 cm³/mol. The first-order chi connectivity index (χ1) is 14.6. The van der Waals surface area contributed by atoms with Crippen molar-refractivity contribution < 1.29 is 17.9 Å². The van der Waals surface area contributed by atoms with Crippen LogP contribution in [0.5, 0.6) is 5.75 Å². The maximum Gasteiger partial charge on any atom is 0.265 e. The third-order valence-electron chi connectivity index (χ3n) is 4.09. The molecule has 6 nitrogen and oxygen atoms in total. The molecule has 0 aliphatic carbocycles. The van der Waals surface area contributed by atoms with E-state index in [-0.39, 0.29) is 15.6 Å². The summed E-state index contributed by atoms with van der Waals surface area (Å²) in [6, 6.07) is 16.8. The Morgan fingerprint density at radius 1 is 0.935 bits per heavy atom. The molecule has 0 saturated heterocycles. The quantitative estimate of drug-likeness (QED) is 0.427. The van der Waals surface area contributed by atoms with Gasteiger partial charge in [0.2, 0.25) is 0 Å². The zero-order chi connectivity index (χ0) is 22.6. The van der Waals surface area contributed by atoms with E-state index in [1.165, 1.54) is 42.5 Å². The molecule has 2 N–H and O–H groups in total. The molecule has 0 unspecified atom stereocenters. The number of nitrogens with one attached hydrogen (secondary N) is 2. The van der Waals surface area contributed by atoms with Gasteiger partial charge < -0.3 is 10.1 Å². The fourth-order valence-electron chi connectivity index (χ4n) is 2.54. The van der Waals surface area contributed by atoms with Gasteiger partial charge in [0.15, 0.2) is 6.10 Å². The molecule has 0 spiro atoms. The molecule has 1 atom stereocenters. The summed E-state index contributed by atoms with van der Waals surface area (Å²) in [6.07, 6.45) is -0.796. The zero-order valence-electron chi connectivity index (χ0n) is 16.1. The number of carbonyl (C=O) groups is 1. The Balaban J connectivity index is 1.65. The van der Waals surface area contributed by atoms with Crippen LogP contribution in [0.25, 0.3) is 0 Å². The van der Waals surface area contributed by atoms with Gasteiger partial charge in [-0.15, -0.1) is 0 Å². The Bertz CT molecular complexity index is 1200. The number of sulfonamides is 1. The van der Waals surface area contributed by atoms with Crippen molar-refractivity contribution in [1.82, 2.24) is 0 Å². The molecule has 0 saturated carbocycles. The number of anilines is 2. The lowest BCUT2D eigenvalue weighted by molar-refractivity contribution is -0.122. The molecule has 31 heavy (non-hydrogen) atoms.